The quantitative estimate of drug-likeness (QED) is 0.856. The van der Waals surface area contributed by atoms with Crippen molar-refractivity contribution in [2.75, 3.05) is 6.54 Å². The minimum atomic E-state index is -0.674. The normalized spacial score (nSPS) is 13.2. The van der Waals surface area contributed by atoms with Gasteiger partial charge in [0.05, 0.1) is 6.54 Å². The highest BCUT2D eigenvalue weighted by Crippen LogP contribution is 2.17. The summed E-state index contributed by atoms with van der Waals surface area (Å²) in [6.45, 7) is 5.54. The number of amides is 1. The molecule has 1 rings (SSSR count). The predicted octanol–water partition coefficient (Wildman–Crippen LogP) is 2.31. The van der Waals surface area contributed by atoms with Crippen LogP contribution in [-0.4, -0.2) is 23.3 Å². The van der Waals surface area contributed by atoms with E-state index in [4.69, 9.17) is 4.74 Å². The van der Waals surface area contributed by atoms with E-state index in [-0.39, 0.29) is 6.54 Å². The summed E-state index contributed by atoms with van der Waals surface area (Å²) in [7, 11) is 0. The maximum Gasteiger partial charge on any atom is 0.407 e. The van der Waals surface area contributed by atoms with Crippen LogP contribution in [0.1, 0.15) is 31.8 Å². The van der Waals surface area contributed by atoms with E-state index in [1.807, 2.05) is 17.5 Å². The van der Waals surface area contributed by atoms with Crippen molar-refractivity contribution in [1.29, 1.82) is 0 Å². The second kappa shape index (κ2) is 5.32. The van der Waals surface area contributed by atoms with Crippen LogP contribution in [0.25, 0.3) is 0 Å². The topological polar surface area (TPSA) is 58.6 Å². The summed E-state index contributed by atoms with van der Waals surface area (Å²) >= 11 is 1.45. The Bertz CT molecular complexity index is 329. The first-order valence-electron chi connectivity index (χ1n) is 5.07. The molecule has 90 valence electrons. The van der Waals surface area contributed by atoms with E-state index in [1.165, 1.54) is 11.3 Å². The summed E-state index contributed by atoms with van der Waals surface area (Å²) in [5.41, 5.74) is -0.516. The van der Waals surface area contributed by atoms with Crippen LogP contribution in [0.5, 0.6) is 0 Å². The van der Waals surface area contributed by atoms with Gasteiger partial charge in [-0.15, -0.1) is 11.3 Å². The zero-order chi connectivity index (χ0) is 12.2. The minimum absolute atomic E-state index is 0.162. The molecule has 1 aromatic rings. The monoisotopic (exact) mass is 243 g/mol. The summed E-state index contributed by atoms with van der Waals surface area (Å²) in [5.74, 6) is 0. The Labute approximate surface area is 99.2 Å². The Hall–Kier alpha value is -1.07. The van der Waals surface area contributed by atoms with Gasteiger partial charge in [-0.25, -0.2) is 4.79 Å². The standard InChI is InChI=1S/C11H17NO3S/c1-11(2,3)15-10(14)12-7-8(13)9-5-4-6-16-9/h4-6,8,13H,7H2,1-3H3,(H,12,14). The minimum Gasteiger partial charge on any atom is -0.444 e. The molecule has 2 N–H and O–H groups in total. The van der Waals surface area contributed by atoms with Crippen LogP contribution >= 0.6 is 11.3 Å². The number of hydrogen-bond donors (Lipinski definition) is 2. The molecular weight excluding hydrogens is 226 g/mol. The van der Waals surface area contributed by atoms with Crippen molar-refractivity contribution >= 4 is 17.4 Å². The van der Waals surface area contributed by atoms with Crippen LogP contribution in [0.2, 0.25) is 0 Å². The van der Waals surface area contributed by atoms with Gasteiger partial charge in [0, 0.05) is 4.88 Å². The van der Waals surface area contributed by atoms with Crippen LogP contribution in [-0.2, 0) is 4.74 Å². The second-order valence-corrected chi connectivity index (χ2v) is 5.39. The van der Waals surface area contributed by atoms with E-state index in [1.54, 1.807) is 20.8 Å². The molecular formula is C11H17NO3S. The summed E-state index contributed by atoms with van der Waals surface area (Å²) in [5, 5.41) is 14.1. The predicted molar refractivity (Wildman–Crippen MR) is 63.5 cm³/mol. The third-order valence-electron chi connectivity index (χ3n) is 1.71. The fraction of sp³-hybridized carbons (Fsp3) is 0.545. The average Bonchev–Trinajstić information content (AvgIpc) is 2.64. The summed E-state index contributed by atoms with van der Waals surface area (Å²) in [4.78, 5) is 12.1. The number of thiophene rings is 1. The van der Waals surface area contributed by atoms with Crippen molar-refractivity contribution in [1.82, 2.24) is 5.32 Å². The summed E-state index contributed by atoms with van der Waals surface area (Å²) in [6, 6.07) is 3.68. The van der Waals surface area contributed by atoms with Gasteiger partial charge in [0.25, 0.3) is 0 Å². The maximum atomic E-state index is 11.3. The Balaban J connectivity index is 2.32. The van der Waals surface area contributed by atoms with Gasteiger partial charge in [0.2, 0.25) is 0 Å². The van der Waals surface area contributed by atoms with E-state index in [0.717, 1.165) is 4.88 Å². The van der Waals surface area contributed by atoms with Crippen LogP contribution in [0.15, 0.2) is 17.5 Å². The first-order chi connectivity index (χ1) is 7.38. The SMILES string of the molecule is CC(C)(C)OC(=O)NCC(O)c1cccs1. The number of hydrogen-bond acceptors (Lipinski definition) is 4. The van der Waals surface area contributed by atoms with Crippen molar-refractivity contribution in [2.45, 2.75) is 32.5 Å². The van der Waals surface area contributed by atoms with Crippen molar-refractivity contribution in [3.05, 3.63) is 22.4 Å². The zero-order valence-corrected chi connectivity index (χ0v) is 10.5. The number of ether oxygens (including phenoxy) is 1. The molecule has 0 spiro atoms. The smallest absolute Gasteiger partial charge is 0.407 e. The molecule has 0 saturated carbocycles. The van der Waals surface area contributed by atoms with Gasteiger partial charge in [-0.1, -0.05) is 6.07 Å². The number of aliphatic hydroxyl groups is 1. The Kier molecular flexibility index (Phi) is 4.32. The van der Waals surface area contributed by atoms with Crippen molar-refractivity contribution in [3.8, 4) is 0 Å². The molecule has 1 unspecified atom stereocenters. The number of carbonyl (C=O) groups is 1. The fourth-order valence-corrected chi connectivity index (χ4v) is 1.79. The van der Waals surface area contributed by atoms with E-state index in [0.29, 0.717) is 0 Å². The van der Waals surface area contributed by atoms with E-state index in [9.17, 15) is 9.90 Å². The van der Waals surface area contributed by atoms with E-state index < -0.39 is 17.8 Å². The highest BCUT2D eigenvalue weighted by molar-refractivity contribution is 7.10. The molecule has 0 aliphatic heterocycles. The molecule has 1 atom stereocenters. The molecule has 0 radical (unpaired) electrons. The Morgan fingerprint density at radius 1 is 1.62 bits per heavy atom. The Morgan fingerprint density at radius 2 is 2.31 bits per heavy atom. The van der Waals surface area contributed by atoms with Gasteiger partial charge in [-0.2, -0.15) is 0 Å². The average molecular weight is 243 g/mol. The molecule has 4 nitrogen and oxygen atoms in total. The number of alkyl carbamates (subject to hydrolysis) is 1. The van der Waals surface area contributed by atoms with E-state index in [2.05, 4.69) is 5.32 Å². The van der Waals surface area contributed by atoms with Gasteiger partial charge in [0.15, 0.2) is 0 Å². The second-order valence-electron chi connectivity index (χ2n) is 4.41. The molecule has 0 aliphatic carbocycles. The lowest BCUT2D eigenvalue weighted by Gasteiger charge is -2.20. The molecule has 16 heavy (non-hydrogen) atoms. The van der Waals surface area contributed by atoms with Gasteiger partial charge >= 0.3 is 6.09 Å². The van der Waals surface area contributed by atoms with Gasteiger partial charge < -0.3 is 15.2 Å². The van der Waals surface area contributed by atoms with Crippen LogP contribution in [0, 0.1) is 0 Å². The first-order valence-corrected chi connectivity index (χ1v) is 5.95. The lowest BCUT2D eigenvalue weighted by Crippen LogP contribution is -2.34. The molecule has 0 aliphatic rings. The highest BCUT2D eigenvalue weighted by atomic mass is 32.1. The van der Waals surface area contributed by atoms with Crippen molar-refractivity contribution in [3.63, 3.8) is 0 Å². The number of aliphatic hydroxyl groups excluding tert-OH is 1. The summed E-state index contributed by atoms with van der Waals surface area (Å²) in [6.07, 6.45) is -1.18. The van der Waals surface area contributed by atoms with Gasteiger partial charge in [0.1, 0.15) is 11.7 Å². The molecule has 0 aromatic carbocycles. The Morgan fingerprint density at radius 3 is 2.81 bits per heavy atom. The largest absolute Gasteiger partial charge is 0.444 e. The molecule has 5 heteroatoms. The molecule has 0 saturated heterocycles. The molecule has 1 aromatic heterocycles. The summed E-state index contributed by atoms with van der Waals surface area (Å²) < 4.78 is 5.05. The molecule has 1 heterocycles. The van der Waals surface area contributed by atoms with Crippen LogP contribution in [0.4, 0.5) is 4.79 Å². The van der Waals surface area contributed by atoms with Crippen LogP contribution < -0.4 is 5.32 Å². The number of carbonyl (C=O) groups excluding carboxylic acids is 1. The maximum absolute atomic E-state index is 11.3. The fourth-order valence-electron chi connectivity index (χ4n) is 1.08. The third-order valence-corrected chi connectivity index (χ3v) is 2.68. The lowest BCUT2D eigenvalue weighted by atomic mass is 10.2. The van der Waals surface area contributed by atoms with Gasteiger partial charge in [-0.05, 0) is 32.2 Å². The van der Waals surface area contributed by atoms with Crippen molar-refractivity contribution in [2.24, 2.45) is 0 Å². The van der Waals surface area contributed by atoms with E-state index >= 15 is 0 Å². The van der Waals surface area contributed by atoms with Gasteiger partial charge in [-0.3, -0.25) is 0 Å². The van der Waals surface area contributed by atoms with Crippen LogP contribution in [0.3, 0.4) is 0 Å². The highest BCUT2D eigenvalue weighted by Gasteiger charge is 2.17. The number of nitrogens with one attached hydrogen (secondary N) is 1. The molecule has 0 fully saturated rings. The van der Waals surface area contributed by atoms with Crippen molar-refractivity contribution < 1.29 is 14.6 Å². The lowest BCUT2D eigenvalue weighted by molar-refractivity contribution is 0.0493. The number of rotatable bonds is 3. The molecule has 0 bridgehead atoms. The third kappa shape index (κ3) is 4.63. The zero-order valence-electron chi connectivity index (χ0n) is 9.69. The molecule has 1 amide bonds. The first kappa shape index (κ1) is 13.0.